The summed E-state index contributed by atoms with van der Waals surface area (Å²) < 4.78 is 0. The summed E-state index contributed by atoms with van der Waals surface area (Å²) in [6, 6.07) is 3.40. The van der Waals surface area contributed by atoms with E-state index in [4.69, 9.17) is 34.8 Å². The van der Waals surface area contributed by atoms with E-state index in [-0.39, 0.29) is 0 Å². The lowest BCUT2D eigenvalue weighted by Gasteiger charge is -2.28. The fourth-order valence-electron chi connectivity index (χ4n) is 2.10. The standard InChI is InChI=1S/C12H11Cl3N4/c13-7-5-9-10(6-8(7)14)18-12(11(15)17-9)19-3-1-16-2-4-19/h5-6,16H,1-4H2. The number of aromatic nitrogens is 2. The average Bonchev–Trinajstić information content (AvgIpc) is 2.41. The maximum Gasteiger partial charge on any atom is 0.172 e. The summed E-state index contributed by atoms with van der Waals surface area (Å²) in [5, 5.41) is 4.60. The van der Waals surface area contributed by atoms with Crippen molar-refractivity contribution in [2.75, 3.05) is 31.1 Å². The molecule has 0 saturated carbocycles. The number of benzene rings is 1. The number of nitrogens with one attached hydrogen (secondary N) is 1. The van der Waals surface area contributed by atoms with Crippen LogP contribution in [0.3, 0.4) is 0 Å². The van der Waals surface area contributed by atoms with E-state index in [0.29, 0.717) is 32.0 Å². The Morgan fingerprint density at radius 1 is 0.947 bits per heavy atom. The molecule has 1 saturated heterocycles. The van der Waals surface area contributed by atoms with Crippen LogP contribution in [0.4, 0.5) is 5.82 Å². The number of nitrogens with zero attached hydrogens (tertiary/aromatic N) is 3. The number of rotatable bonds is 1. The predicted octanol–water partition coefficient (Wildman–Crippen LogP) is 3.00. The molecule has 1 aromatic heterocycles. The molecular formula is C12H11Cl3N4. The second kappa shape index (κ2) is 5.29. The molecule has 1 aliphatic rings. The molecule has 0 amide bonds. The van der Waals surface area contributed by atoms with E-state index in [1.165, 1.54) is 0 Å². The van der Waals surface area contributed by atoms with Gasteiger partial charge in [0.2, 0.25) is 0 Å². The van der Waals surface area contributed by atoms with E-state index < -0.39 is 0 Å². The highest BCUT2D eigenvalue weighted by molar-refractivity contribution is 6.42. The van der Waals surface area contributed by atoms with Crippen molar-refractivity contribution in [3.63, 3.8) is 0 Å². The molecule has 1 N–H and O–H groups in total. The van der Waals surface area contributed by atoms with Gasteiger partial charge in [-0.15, -0.1) is 0 Å². The van der Waals surface area contributed by atoms with Gasteiger partial charge in [0, 0.05) is 26.2 Å². The largest absolute Gasteiger partial charge is 0.351 e. The van der Waals surface area contributed by atoms with Crippen LogP contribution in [0.15, 0.2) is 12.1 Å². The van der Waals surface area contributed by atoms with Crippen molar-refractivity contribution < 1.29 is 0 Å². The molecule has 2 heterocycles. The van der Waals surface area contributed by atoms with Crippen LogP contribution >= 0.6 is 34.8 Å². The first-order valence-corrected chi connectivity index (χ1v) is 7.06. The van der Waals surface area contributed by atoms with Gasteiger partial charge in [0.05, 0.1) is 21.1 Å². The molecule has 3 rings (SSSR count). The molecule has 1 fully saturated rings. The van der Waals surface area contributed by atoms with Crippen molar-refractivity contribution in [1.82, 2.24) is 15.3 Å². The van der Waals surface area contributed by atoms with Crippen LogP contribution in [0, 0.1) is 0 Å². The topological polar surface area (TPSA) is 41.1 Å². The minimum absolute atomic E-state index is 0.396. The zero-order valence-corrected chi connectivity index (χ0v) is 12.2. The van der Waals surface area contributed by atoms with E-state index in [2.05, 4.69) is 20.2 Å². The first kappa shape index (κ1) is 13.2. The van der Waals surface area contributed by atoms with E-state index >= 15 is 0 Å². The van der Waals surface area contributed by atoms with Crippen LogP contribution in [0.25, 0.3) is 11.0 Å². The number of piperazine rings is 1. The lowest BCUT2D eigenvalue weighted by Crippen LogP contribution is -2.44. The summed E-state index contributed by atoms with van der Waals surface area (Å²) >= 11 is 18.2. The Kier molecular flexibility index (Phi) is 3.67. The zero-order valence-electron chi connectivity index (χ0n) is 9.96. The van der Waals surface area contributed by atoms with E-state index in [1.54, 1.807) is 12.1 Å². The lowest BCUT2D eigenvalue weighted by molar-refractivity contribution is 0.585. The van der Waals surface area contributed by atoms with Gasteiger partial charge in [0.1, 0.15) is 0 Å². The number of halogens is 3. The second-order valence-electron chi connectivity index (χ2n) is 4.33. The number of fused-ring (bicyclic) bond motifs is 1. The number of hydrogen-bond acceptors (Lipinski definition) is 4. The van der Waals surface area contributed by atoms with Gasteiger partial charge in [0.25, 0.3) is 0 Å². The van der Waals surface area contributed by atoms with Crippen LogP contribution in [0.5, 0.6) is 0 Å². The number of anilines is 1. The van der Waals surface area contributed by atoms with Crippen molar-refractivity contribution in [3.8, 4) is 0 Å². The Bertz CT molecular complexity index is 626. The molecular weight excluding hydrogens is 307 g/mol. The molecule has 0 unspecified atom stereocenters. The molecule has 2 aromatic rings. The zero-order chi connectivity index (χ0) is 13.4. The van der Waals surface area contributed by atoms with Crippen LogP contribution in [-0.2, 0) is 0 Å². The second-order valence-corrected chi connectivity index (χ2v) is 5.50. The molecule has 0 radical (unpaired) electrons. The summed E-state index contributed by atoms with van der Waals surface area (Å²) in [6.45, 7) is 3.55. The van der Waals surface area contributed by atoms with Crippen LogP contribution < -0.4 is 10.2 Å². The summed E-state index contributed by atoms with van der Waals surface area (Å²) in [5.41, 5.74) is 1.35. The maximum atomic E-state index is 6.22. The summed E-state index contributed by atoms with van der Waals surface area (Å²) in [7, 11) is 0. The molecule has 7 heteroatoms. The van der Waals surface area contributed by atoms with Crippen molar-refractivity contribution in [1.29, 1.82) is 0 Å². The van der Waals surface area contributed by atoms with Gasteiger partial charge < -0.3 is 10.2 Å². The normalized spacial score (nSPS) is 16.1. The van der Waals surface area contributed by atoms with Gasteiger partial charge in [-0.05, 0) is 12.1 Å². The molecule has 1 aromatic carbocycles. The predicted molar refractivity (Wildman–Crippen MR) is 79.7 cm³/mol. The van der Waals surface area contributed by atoms with Gasteiger partial charge in [-0.25, -0.2) is 9.97 Å². The summed E-state index contributed by atoms with van der Waals surface area (Å²) in [6.07, 6.45) is 0. The third kappa shape index (κ3) is 2.58. The Balaban J connectivity index is 2.10. The molecule has 19 heavy (non-hydrogen) atoms. The Hall–Kier alpha value is -0.810. The van der Waals surface area contributed by atoms with Crippen molar-refractivity contribution in [2.24, 2.45) is 0 Å². The molecule has 1 aliphatic heterocycles. The summed E-state index contributed by atoms with van der Waals surface area (Å²) in [5.74, 6) is 0.703. The van der Waals surface area contributed by atoms with Gasteiger partial charge in [-0.1, -0.05) is 34.8 Å². The van der Waals surface area contributed by atoms with Crippen molar-refractivity contribution in [3.05, 3.63) is 27.3 Å². The highest BCUT2D eigenvalue weighted by atomic mass is 35.5. The van der Waals surface area contributed by atoms with E-state index in [0.717, 1.165) is 26.2 Å². The highest BCUT2D eigenvalue weighted by Gasteiger charge is 2.17. The van der Waals surface area contributed by atoms with E-state index in [1.807, 2.05) is 0 Å². The van der Waals surface area contributed by atoms with Gasteiger partial charge in [-0.2, -0.15) is 0 Å². The third-order valence-corrected chi connectivity index (χ3v) is 4.04. The SMILES string of the molecule is Clc1cc2nc(Cl)c(N3CCNCC3)nc2cc1Cl. The minimum Gasteiger partial charge on any atom is -0.351 e. The maximum absolute atomic E-state index is 6.22. The van der Waals surface area contributed by atoms with E-state index in [9.17, 15) is 0 Å². The first-order chi connectivity index (χ1) is 9.15. The fraction of sp³-hybridized carbons (Fsp3) is 0.333. The number of hydrogen-bond donors (Lipinski definition) is 1. The van der Waals surface area contributed by atoms with Gasteiger partial charge in [-0.3, -0.25) is 0 Å². The molecule has 0 atom stereocenters. The van der Waals surface area contributed by atoms with Gasteiger partial charge in [0.15, 0.2) is 11.0 Å². The molecule has 0 aliphatic carbocycles. The monoisotopic (exact) mass is 316 g/mol. The average molecular weight is 318 g/mol. The smallest absolute Gasteiger partial charge is 0.172 e. The Morgan fingerprint density at radius 3 is 2.16 bits per heavy atom. The highest BCUT2D eigenvalue weighted by Crippen LogP contribution is 2.30. The van der Waals surface area contributed by atoms with Crippen LogP contribution in [-0.4, -0.2) is 36.1 Å². The molecule has 100 valence electrons. The summed E-state index contributed by atoms with van der Waals surface area (Å²) in [4.78, 5) is 11.0. The first-order valence-electron chi connectivity index (χ1n) is 5.93. The van der Waals surface area contributed by atoms with Crippen molar-refractivity contribution in [2.45, 2.75) is 0 Å². The Labute approximate surface area is 125 Å². The minimum atomic E-state index is 0.396. The van der Waals surface area contributed by atoms with Crippen LogP contribution in [0.1, 0.15) is 0 Å². The molecule has 0 spiro atoms. The lowest BCUT2D eigenvalue weighted by atomic mass is 10.3. The van der Waals surface area contributed by atoms with Crippen LogP contribution in [0.2, 0.25) is 15.2 Å². The van der Waals surface area contributed by atoms with Crippen molar-refractivity contribution >= 4 is 51.7 Å². The third-order valence-electron chi connectivity index (χ3n) is 3.06. The van der Waals surface area contributed by atoms with Gasteiger partial charge >= 0.3 is 0 Å². The Morgan fingerprint density at radius 2 is 1.53 bits per heavy atom. The molecule has 4 nitrogen and oxygen atoms in total. The molecule has 0 bridgehead atoms. The fourth-order valence-corrected chi connectivity index (χ4v) is 2.67. The quantitative estimate of drug-likeness (QED) is 0.878.